The van der Waals surface area contributed by atoms with Crippen LogP contribution in [0, 0.1) is 11.8 Å². The van der Waals surface area contributed by atoms with Crippen LogP contribution in [0.1, 0.15) is 50.7 Å². The highest BCUT2D eigenvalue weighted by molar-refractivity contribution is 5.95. The Hall–Kier alpha value is -1.85. The summed E-state index contributed by atoms with van der Waals surface area (Å²) in [7, 11) is 0. The van der Waals surface area contributed by atoms with Gasteiger partial charge in [0.2, 0.25) is 0 Å². The van der Waals surface area contributed by atoms with Crippen LogP contribution >= 0.6 is 0 Å². The van der Waals surface area contributed by atoms with E-state index in [1.165, 1.54) is 0 Å². The number of carboxylic acids is 1. The average molecular weight is 295 g/mol. The molecule has 0 aliphatic heterocycles. The van der Waals surface area contributed by atoms with Crippen LogP contribution in [0.25, 0.3) is 0 Å². The van der Waals surface area contributed by atoms with Gasteiger partial charge in [-0.1, -0.05) is 20.8 Å². The number of carbonyl (C=O) groups is 2. The molecule has 0 aliphatic carbocycles. The Balaban J connectivity index is 2.88. The second-order valence-corrected chi connectivity index (χ2v) is 5.82. The van der Waals surface area contributed by atoms with Crippen molar-refractivity contribution in [2.45, 2.75) is 53.6 Å². The van der Waals surface area contributed by atoms with Gasteiger partial charge in [-0.25, -0.2) is 0 Å². The maximum Gasteiger partial charge on any atom is 0.308 e. The predicted octanol–water partition coefficient (Wildman–Crippen LogP) is 1.94. The zero-order chi connectivity index (χ0) is 16.2. The summed E-state index contributed by atoms with van der Waals surface area (Å²) in [4.78, 5) is 23.2. The molecule has 1 aromatic heterocycles. The molecule has 0 fully saturated rings. The lowest BCUT2D eigenvalue weighted by Crippen LogP contribution is -2.40. The number of hydrogen-bond acceptors (Lipinski definition) is 3. The minimum absolute atomic E-state index is 0.262. The Kier molecular flexibility index (Phi) is 5.93. The molecule has 0 spiro atoms. The number of amides is 1. The summed E-state index contributed by atoms with van der Waals surface area (Å²) in [6.07, 6.45) is 2.27. The van der Waals surface area contributed by atoms with Gasteiger partial charge in [0.15, 0.2) is 0 Å². The van der Waals surface area contributed by atoms with Gasteiger partial charge in [-0.3, -0.25) is 14.3 Å². The number of nitrogens with one attached hydrogen (secondary N) is 1. The third kappa shape index (κ3) is 4.31. The molecule has 2 atom stereocenters. The first-order valence-electron chi connectivity index (χ1n) is 7.36. The standard InChI is InChI=1S/C15H25N3O3/c1-6-13-12(7-16-18(13)8-9(2)3)14(19)17-11(5)10(4)15(20)21/h7,9-11H,6,8H2,1-5H3,(H,17,19)(H,20,21). The van der Waals surface area contributed by atoms with Gasteiger partial charge in [0.25, 0.3) is 5.91 Å². The number of nitrogens with zero attached hydrogens (tertiary/aromatic N) is 2. The molecule has 1 heterocycles. The Morgan fingerprint density at radius 2 is 1.95 bits per heavy atom. The zero-order valence-corrected chi connectivity index (χ0v) is 13.4. The molecule has 1 aromatic rings. The number of carbonyl (C=O) groups excluding carboxylic acids is 1. The first kappa shape index (κ1) is 17.2. The summed E-state index contributed by atoms with van der Waals surface area (Å²) < 4.78 is 1.85. The highest BCUT2D eigenvalue weighted by atomic mass is 16.4. The van der Waals surface area contributed by atoms with E-state index >= 15 is 0 Å². The molecule has 2 unspecified atom stereocenters. The highest BCUT2D eigenvalue weighted by Crippen LogP contribution is 2.13. The van der Waals surface area contributed by atoms with E-state index in [0.717, 1.165) is 12.2 Å². The van der Waals surface area contributed by atoms with Gasteiger partial charge in [0, 0.05) is 12.6 Å². The van der Waals surface area contributed by atoms with E-state index in [9.17, 15) is 9.59 Å². The van der Waals surface area contributed by atoms with Gasteiger partial charge >= 0.3 is 5.97 Å². The van der Waals surface area contributed by atoms with E-state index in [-0.39, 0.29) is 5.91 Å². The molecule has 1 rings (SSSR count). The Bertz CT molecular complexity index is 508. The monoisotopic (exact) mass is 295 g/mol. The molecule has 0 aromatic carbocycles. The number of rotatable bonds is 7. The highest BCUT2D eigenvalue weighted by Gasteiger charge is 2.23. The third-order valence-corrected chi connectivity index (χ3v) is 3.56. The van der Waals surface area contributed by atoms with Gasteiger partial charge in [0.05, 0.1) is 23.4 Å². The normalized spacial score (nSPS) is 14.0. The molecule has 6 nitrogen and oxygen atoms in total. The van der Waals surface area contributed by atoms with Crippen LogP contribution in [-0.4, -0.2) is 32.8 Å². The van der Waals surface area contributed by atoms with Gasteiger partial charge in [-0.15, -0.1) is 0 Å². The molecule has 6 heteroatoms. The molecule has 21 heavy (non-hydrogen) atoms. The van der Waals surface area contributed by atoms with Crippen molar-refractivity contribution >= 4 is 11.9 Å². The van der Waals surface area contributed by atoms with Crippen LogP contribution in [0.2, 0.25) is 0 Å². The lowest BCUT2D eigenvalue weighted by molar-refractivity contribution is -0.141. The van der Waals surface area contributed by atoms with Crippen LogP contribution in [-0.2, 0) is 17.8 Å². The second kappa shape index (κ2) is 7.24. The Morgan fingerprint density at radius 1 is 1.33 bits per heavy atom. The van der Waals surface area contributed by atoms with Crippen molar-refractivity contribution < 1.29 is 14.7 Å². The minimum Gasteiger partial charge on any atom is -0.481 e. The largest absolute Gasteiger partial charge is 0.481 e. The lowest BCUT2D eigenvalue weighted by atomic mass is 10.0. The van der Waals surface area contributed by atoms with Gasteiger partial charge in [0.1, 0.15) is 0 Å². The smallest absolute Gasteiger partial charge is 0.308 e. The van der Waals surface area contributed by atoms with Gasteiger partial charge in [-0.05, 0) is 26.2 Å². The van der Waals surface area contributed by atoms with E-state index in [1.54, 1.807) is 20.0 Å². The van der Waals surface area contributed by atoms with Crippen molar-refractivity contribution in [1.29, 1.82) is 0 Å². The van der Waals surface area contributed by atoms with Crippen molar-refractivity contribution in [2.75, 3.05) is 0 Å². The molecular formula is C15H25N3O3. The van der Waals surface area contributed by atoms with Crippen LogP contribution < -0.4 is 5.32 Å². The quantitative estimate of drug-likeness (QED) is 0.805. The fourth-order valence-electron chi connectivity index (χ4n) is 2.10. The number of aromatic nitrogens is 2. The zero-order valence-electron chi connectivity index (χ0n) is 13.4. The van der Waals surface area contributed by atoms with Crippen molar-refractivity contribution in [2.24, 2.45) is 11.8 Å². The Morgan fingerprint density at radius 3 is 2.43 bits per heavy atom. The second-order valence-electron chi connectivity index (χ2n) is 5.82. The minimum atomic E-state index is -0.922. The summed E-state index contributed by atoms with van der Waals surface area (Å²) in [6.45, 7) is 10.2. The molecule has 0 saturated heterocycles. The van der Waals surface area contributed by atoms with E-state index in [1.807, 2.05) is 11.6 Å². The SMILES string of the molecule is CCc1c(C(=O)NC(C)C(C)C(=O)O)cnn1CC(C)C. The number of hydrogen-bond donors (Lipinski definition) is 2. The maximum atomic E-state index is 12.3. The van der Waals surface area contributed by atoms with Crippen molar-refractivity contribution in [3.63, 3.8) is 0 Å². The van der Waals surface area contributed by atoms with Crippen molar-refractivity contribution in [3.05, 3.63) is 17.5 Å². The fourth-order valence-corrected chi connectivity index (χ4v) is 2.10. The van der Waals surface area contributed by atoms with Crippen LogP contribution in [0.5, 0.6) is 0 Å². The summed E-state index contributed by atoms with van der Waals surface area (Å²) in [5.74, 6) is -1.38. The summed E-state index contributed by atoms with van der Waals surface area (Å²) in [5, 5.41) is 16.0. The lowest BCUT2D eigenvalue weighted by Gasteiger charge is -2.18. The van der Waals surface area contributed by atoms with E-state index < -0.39 is 17.9 Å². The molecule has 2 N–H and O–H groups in total. The summed E-state index contributed by atoms with van der Waals surface area (Å²) in [5.41, 5.74) is 1.42. The molecular weight excluding hydrogens is 270 g/mol. The molecule has 1 amide bonds. The summed E-state index contributed by atoms with van der Waals surface area (Å²) in [6, 6.07) is -0.437. The van der Waals surface area contributed by atoms with Crippen LogP contribution in [0.3, 0.4) is 0 Å². The van der Waals surface area contributed by atoms with E-state index in [0.29, 0.717) is 17.9 Å². The predicted molar refractivity (Wildman–Crippen MR) is 80.2 cm³/mol. The summed E-state index contributed by atoms with van der Waals surface area (Å²) >= 11 is 0. The van der Waals surface area contributed by atoms with Crippen LogP contribution in [0.4, 0.5) is 0 Å². The molecule has 0 bridgehead atoms. The number of aliphatic carboxylic acids is 1. The fraction of sp³-hybridized carbons (Fsp3) is 0.667. The average Bonchev–Trinajstić information content (AvgIpc) is 2.79. The van der Waals surface area contributed by atoms with Crippen molar-refractivity contribution in [3.8, 4) is 0 Å². The van der Waals surface area contributed by atoms with Crippen LogP contribution in [0.15, 0.2) is 6.20 Å². The number of carboxylic acid groups (broad SMARTS) is 1. The first-order valence-corrected chi connectivity index (χ1v) is 7.36. The third-order valence-electron chi connectivity index (χ3n) is 3.56. The maximum absolute atomic E-state index is 12.3. The van der Waals surface area contributed by atoms with Crippen molar-refractivity contribution in [1.82, 2.24) is 15.1 Å². The Labute approximate surface area is 125 Å². The van der Waals surface area contributed by atoms with E-state index in [2.05, 4.69) is 24.3 Å². The van der Waals surface area contributed by atoms with Gasteiger partial charge in [-0.2, -0.15) is 5.10 Å². The first-order chi connectivity index (χ1) is 9.77. The molecule has 0 saturated carbocycles. The molecule has 0 radical (unpaired) electrons. The molecule has 0 aliphatic rings. The van der Waals surface area contributed by atoms with E-state index in [4.69, 9.17) is 5.11 Å². The van der Waals surface area contributed by atoms with Gasteiger partial charge < -0.3 is 10.4 Å². The topological polar surface area (TPSA) is 84.2 Å². The molecule has 118 valence electrons.